The summed E-state index contributed by atoms with van der Waals surface area (Å²) in [4.78, 5) is 0. The van der Waals surface area contributed by atoms with Crippen molar-refractivity contribution in [2.45, 2.75) is 78.1 Å². The van der Waals surface area contributed by atoms with E-state index in [1.54, 1.807) is 38.5 Å². The molecule has 0 heteroatoms. The Labute approximate surface area is 148 Å². The minimum Gasteiger partial charge on any atom is -0.0622 e. The number of hydrogen-bond acceptors (Lipinski definition) is 0. The molecular weight excluding hydrogens is 288 g/mol. The highest BCUT2D eigenvalue weighted by molar-refractivity contribution is 5.49. The van der Waals surface area contributed by atoms with Crippen LogP contribution in [0, 0.1) is 46.8 Å². The van der Waals surface area contributed by atoms with Crippen molar-refractivity contribution in [3.8, 4) is 0 Å². The molecule has 0 saturated heterocycles. The van der Waals surface area contributed by atoms with E-state index in [2.05, 4.69) is 19.9 Å². The van der Waals surface area contributed by atoms with Gasteiger partial charge in [0, 0.05) is 0 Å². The largest absolute Gasteiger partial charge is 0.0622 e. The Morgan fingerprint density at radius 2 is 1.62 bits per heavy atom. The van der Waals surface area contributed by atoms with Crippen molar-refractivity contribution in [3.63, 3.8) is 0 Å². The lowest BCUT2D eigenvalue weighted by Gasteiger charge is -2.57. The van der Waals surface area contributed by atoms with Gasteiger partial charge in [-0.05, 0) is 110 Å². The summed E-state index contributed by atoms with van der Waals surface area (Å²) in [6.45, 7) is 4.99. The normalized spacial score (nSPS) is 51.5. The molecule has 5 fully saturated rings. The van der Waals surface area contributed by atoms with E-state index in [4.69, 9.17) is 0 Å². The second-order valence-electron chi connectivity index (χ2n) is 11.0. The highest BCUT2D eigenvalue weighted by Crippen LogP contribution is 2.66. The molecule has 24 heavy (non-hydrogen) atoms. The maximum absolute atomic E-state index is 2.81. The molecule has 0 aromatic heterocycles. The molecule has 0 aromatic carbocycles. The Kier molecular flexibility index (Phi) is 2.93. The van der Waals surface area contributed by atoms with Gasteiger partial charge in [0.05, 0.1) is 0 Å². The van der Waals surface area contributed by atoms with Crippen molar-refractivity contribution in [2.24, 2.45) is 46.8 Å². The van der Waals surface area contributed by atoms with Crippen LogP contribution in [0.5, 0.6) is 0 Å². The summed E-state index contributed by atoms with van der Waals surface area (Å²) in [6, 6.07) is 0. The first-order valence-electron chi connectivity index (χ1n) is 11.1. The van der Waals surface area contributed by atoms with Gasteiger partial charge in [-0.25, -0.2) is 0 Å². The van der Waals surface area contributed by atoms with Crippen molar-refractivity contribution < 1.29 is 0 Å². The number of hydrogen-bond donors (Lipinski definition) is 0. The summed E-state index contributed by atoms with van der Waals surface area (Å²) < 4.78 is 0. The van der Waals surface area contributed by atoms with Crippen LogP contribution >= 0.6 is 0 Å². The van der Waals surface area contributed by atoms with Crippen LogP contribution in [0.4, 0.5) is 0 Å². The summed E-state index contributed by atoms with van der Waals surface area (Å²) >= 11 is 0. The Bertz CT molecular complexity index is 595. The molecule has 0 heterocycles. The van der Waals surface area contributed by atoms with Crippen LogP contribution in [0.3, 0.4) is 0 Å². The predicted molar refractivity (Wildman–Crippen MR) is 99.5 cm³/mol. The number of fused-ring (bicyclic) bond motifs is 2. The van der Waals surface area contributed by atoms with Crippen molar-refractivity contribution >= 4 is 0 Å². The van der Waals surface area contributed by atoms with E-state index in [-0.39, 0.29) is 0 Å². The zero-order chi connectivity index (χ0) is 16.1. The summed E-state index contributed by atoms with van der Waals surface area (Å²) in [6.07, 6.45) is 18.2. The SMILES string of the molecule is CC(C)C1C2=C(CC(C34CC5CC(CC(C5)C3)C4)=C2)C2CCCC21. The maximum Gasteiger partial charge on any atom is -0.00737 e. The highest BCUT2D eigenvalue weighted by atomic mass is 14.6. The lowest BCUT2D eigenvalue weighted by atomic mass is 9.47. The van der Waals surface area contributed by atoms with Gasteiger partial charge in [0.2, 0.25) is 0 Å². The van der Waals surface area contributed by atoms with E-state index in [0.29, 0.717) is 5.41 Å². The highest BCUT2D eigenvalue weighted by Gasteiger charge is 2.55. The van der Waals surface area contributed by atoms with Crippen LogP contribution in [0.2, 0.25) is 0 Å². The minimum atomic E-state index is 0.661. The fourth-order valence-corrected chi connectivity index (χ4v) is 9.07. The van der Waals surface area contributed by atoms with Crippen LogP contribution in [0.1, 0.15) is 78.1 Å². The van der Waals surface area contributed by atoms with E-state index in [1.807, 2.05) is 16.7 Å². The van der Waals surface area contributed by atoms with Gasteiger partial charge in [-0.15, -0.1) is 0 Å². The zero-order valence-electron chi connectivity index (χ0n) is 15.7. The topological polar surface area (TPSA) is 0 Å². The van der Waals surface area contributed by atoms with Crippen molar-refractivity contribution in [1.82, 2.24) is 0 Å². The molecule has 0 aliphatic heterocycles. The molecule has 0 aromatic rings. The third-order valence-corrected chi connectivity index (χ3v) is 9.36. The summed E-state index contributed by atoms with van der Waals surface area (Å²) in [5, 5.41) is 0. The van der Waals surface area contributed by atoms with Gasteiger partial charge >= 0.3 is 0 Å². The molecule has 5 saturated carbocycles. The Hall–Kier alpha value is -0.520. The predicted octanol–water partition coefficient (Wildman–Crippen LogP) is 6.53. The third-order valence-electron chi connectivity index (χ3n) is 9.36. The molecule has 3 atom stereocenters. The quantitative estimate of drug-likeness (QED) is 0.542. The standard InChI is InChI=1S/C24H34/c1-14(2)23-20-5-3-4-19(20)21-9-18(10-22(21)23)24-11-15-6-16(12-24)8-17(7-15)13-24/h10,14-17,19-20,23H,3-9,11-13H2,1-2H3. The molecule has 7 aliphatic carbocycles. The molecular formula is C24H34. The summed E-state index contributed by atoms with van der Waals surface area (Å²) in [7, 11) is 0. The van der Waals surface area contributed by atoms with Crippen LogP contribution in [-0.4, -0.2) is 0 Å². The maximum atomic E-state index is 2.81. The van der Waals surface area contributed by atoms with Crippen LogP contribution < -0.4 is 0 Å². The second kappa shape index (κ2) is 4.80. The molecule has 0 nitrogen and oxygen atoms in total. The van der Waals surface area contributed by atoms with Crippen molar-refractivity contribution in [2.75, 3.05) is 0 Å². The van der Waals surface area contributed by atoms with E-state index in [1.165, 1.54) is 25.7 Å². The molecule has 0 radical (unpaired) electrons. The monoisotopic (exact) mass is 322 g/mol. The van der Waals surface area contributed by atoms with Crippen LogP contribution in [0.25, 0.3) is 0 Å². The zero-order valence-corrected chi connectivity index (χ0v) is 15.7. The van der Waals surface area contributed by atoms with Gasteiger partial charge in [0.25, 0.3) is 0 Å². The molecule has 0 N–H and O–H groups in total. The van der Waals surface area contributed by atoms with E-state index < -0.39 is 0 Å². The molecule has 7 rings (SSSR count). The van der Waals surface area contributed by atoms with Crippen LogP contribution in [-0.2, 0) is 0 Å². The smallest absolute Gasteiger partial charge is 0.00737 e. The van der Waals surface area contributed by atoms with Gasteiger partial charge in [-0.1, -0.05) is 37.5 Å². The fraction of sp³-hybridized carbons (Fsp3) is 0.833. The van der Waals surface area contributed by atoms with Crippen LogP contribution in [0.15, 0.2) is 22.8 Å². The first-order valence-corrected chi connectivity index (χ1v) is 11.1. The summed E-state index contributed by atoms with van der Waals surface area (Å²) in [5.41, 5.74) is 6.41. The average molecular weight is 323 g/mol. The van der Waals surface area contributed by atoms with E-state index in [9.17, 15) is 0 Å². The number of rotatable bonds is 2. The summed E-state index contributed by atoms with van der Waals surface area (Å²) in [5.74, 6) is 7.02. The Balaban J connectivity index is 1.36. The molecule has 3 unspecified atom stereocenters. The van der Waals surface area contributed by atoms with Gasteiger partial charge in [-0.3, -0.25) is 0 Å². The lowest BCUT2D eigenvalue weighted by molar-refractivity contribution is -0.0315. The molecule has 4 bridgehead atoms. The van der Waals surface area contributed by atoms with Gasteiger partial charge in [0.1, 0.15) is 0 Å². The second-order valence-corrected chi connectivity index (χ2v) is 11.0. The third kappa shape index (κ3) is 1.81. The minimum absolute atomic E-state index is 0.661. The Morgan fingerprint density at radius 3 is 2.25 bits per heavy atom. The van der Waals surface area contributed by atoms with Gasteiger partial charge in [0.15, 0.2) is 0 Å². The first kappa shape index (κ1) is 14.6. The molecule has 130 valence electrons. The first-order chi connectivity index (χ1) is 11.6. The molecule has 0 spiro atoms. The fourth-order valence-electron chi connectivity index (χ4n) is 9.07. The van der Waals surface area contributed by atoms with Crippen molar-refractivity contribution in [1.29, 1.82) is 0 Å². The molecule has 7 aliphatic rings. The van der Waals surface area contributed by atoms with E-state index in [0.717, 1.165) is 41.4 Å². The number of allylic oxidation sites excluding steroid dienone is 4. The average Bonchev–Trinajstić information content (AvgIpc) is 3.16. The lowest BCUT2D eigenvalue weighted by Crippen LogP contribution is -2.46. The molecule has 0 amide bonds. The van der Waals surface area contributed by atoms with E-state index >= 15 is 0 Å². The Morgan fingerprint density at radius 1 is 0.958 bits per heavy atom. The van der Waals surface area contributed by atoms with Gasteiger partial charge < -0.3 is 0 Å². The van der Waals surface area contributed by atoms with Crippen molar-refractivity contribution in [3.05, 3.63) is 22.8 Å². The van der Waals surface area contributed by atoms with Gasteiger partial charge in [-0.2, -0.15) is 0 Å².